The van der Waals surface area contributed by atoms with Gasteiger partial charge in [-0.25, -0.2) is 9.67 Å². The zero-order valence-electron chi connectivity index (χ0n) is 8.60. The molecule has 4 heteroatoms. The Kier molecular flexibility index (Phi) is 2.22. The van der Waals surface area contributed by atoms with Crippen LogP contribution >= 0.6 is 0 Å². The van der Waals surface area contributed by atoms with Gasteiger partial charge < -0.3 is 0 Å². The molecule has 0 spiro atoms. The minimum absolute atomic E-state index is 0.675. The van der Waals surface area contributed by atoms with Crippen molar-refractivity contribution >= 4 is 0 Å². The number of nitrogens with zero attached hydrogens (tertiary/aromatic N) is 4. The molecule has 0 aliphatic rings. The van der Waals surface area contributed by atoms with E-state index in [0.29, 0.717) is 5.56 Å². The van der Waals surface area contributed by atoms with E-state index in [9.17, 15) is 0 Å². The molecule has 0 aliphatic heterocycles. The van der Waals surface area contributed by atoms with Crippen molar-refractivity contribution in [2.75, 3.05) is 0 Å². The fourth-order valence-electron chi connectivity index (χ4n) is 1.71. The maximum Gasteiger partial charge on any atom is 0.138 e. The number of rotatable bonds is 1. The highest BCUT2D eigenvalue weighted by atomic mass is 15.3. The maximum atomic E-state index is 8.82. The SMILES string of the molecule is Cc1cc(C#N)cc(C)c1-n1cncn1. The molecular formula is C11H10N4. The van der Waals surface area contributed by atoms with Crippen molar-refractivity contribution < 1.29 is 0 Å². The van der Waals surface area contributed by atoms with E-state index < -0.39 is 0 Å². The van der Waals surface area contributed by atoms with Gasteiger partial charge in [-0.2, -0.15) is 10.4 Å². The zero-order valence-corrected chi connectivity index (χ0v) is 8.60. The molecule has 0 radical (unpaired) electrons. The van der Waals surface area contributed by atoms with Gasteiger partial charge in [0.05, 0.1) is 17.3 Å². The Labute approximate surface area is 87.8 Å². The fraction of sp³-hybridized carbons (Fsp3) is 0.182. The number of hydrogen-bond donors (Lipinski definition) is 0. The molecule has 15 heavy (non-hydrogen) atoms. The van der Waals surface area contributed by atoms with Gasteiger partial charge in [0.25, 0.3) is 0 Å². The first-order chi connectivity index (χ1) is 7.22. The Morgan fingerprint density at radius 1 is 1.27 bits per heavy atom. The molecule has 0 fully saturated rings. The zero-order chi connectivity index (χ0) is 10.8. The van der Waals surface area contributed by atoms with Gasteiger partial charge in [0.15, 0.2) is 0 Å². The van der Waals surface area contributed by atoms with Crippen molar-refractivity contribution in [1.29, 1.82) is 5.26 Å². The molecule has 1 heterocycles. The molecule has 0 unspecified atom stereocenters. The van der Waals surface area contributed by atoms with Crippen LogP contribution < -0.4 is 0 Å². The maximum absolute atomic E-state index is 8.82. The van der Waals surface area contributed by atoms with E-state index in [2.05, 4.69) is 16.2 Å². The van der Waals surface area contributed by atoms with E-state index in [1.165, 1.54) is 6.33 Å². The van der Waals surface area contributed by atoms with Crippen molar-refractivity contribution in [2.45, 2.75) is 13.8 Å². The van der Waals surface area contributed by atoms with Gasteiger partial charge in [-0.3, -0.25) is 0 Å². The van der Waals surface area contributed by atoms with Crippen LogP contribution in [0.2, 0.25) is 0 Å². The van der Waals surface area contributed by atoms with Crippen LogP contribution in [0.5, 0.6) is 0 Å². The van der Waals surface area contributed by atoms with Gasteiger partial charge in [0, 0.05) is 0 Å². The van der Waals surface area contributed by atoms with E-state index in [4.69, 9.17) is 5.26 Å². The summed E-state index contributed by atoms with van der Waals surface area (Å²) in [6.45, 7) is 3.93. The monoisotopic (exact) mass is 198 g/mol. The van der Waals surface area contributed by atoms with E-state index in [1.807, 2.05) is 26.0 Å². The third-order valence-corrected chi connectivity index (χ3v) is 2.27. The lowest BCUT2D eigenvalue weighted by atomic mass is 10.1. The fourth-order valence-corrected chi connectivity index (χ4v) is 1.71. The largest absolute Gasteiger partial charge is 0.223 e. The summed E-state index contributed by atoms with van der Waals surface area (Å²) in [6, 6.07) is 5.84. The summed E-state index contributed by atoms with van der Waals surface area (Å²) in [7, 11) is 0. The van der Waals surface area contributed by atoms with Gasteiger partial charge in [-0.15, -0.1) is 0 Å². The van der Waals surface area contributed by atoms with Gasteiger partial charge >= 0.3 is 0 Å². The van der Waals surface area contributed by atoms with Gasteiger partial charge in [0.1, 0.15) is 12.7 Å². The smallest absolute Gasteiger partial charge is 0.138 e. The highest BCUT2D eigenvalue weighted by molar-refractivity contribution is 5.51. The Morgan fingerprint density at radius 2 is 1.93 bits per heavy atom. The van der Waals surface area contributed by atoms with E-state index >= 15 is 0 Å². The van der Waals surface area contributed by atoms with Crippen LogP contribution in [-0.4, -0.2) is 14.8 Å². The summed E-state index contributed by atoms with van der Waals surface area (Å²) < 4.78 is 1.71. The predicted molar refractivity (Wildman–Crippen MR) is 55.5 cm³/mol. The molecule has 0 atom stereocenters. The first-order valence-electron chi connectivity index (χ1n) is 4.58. The van der Waals surface area contributed by atoms with Crippen molar-refractivity contribution in [3.05, 3.63) is 41.5 Å². The molecule has 1 aromatic carbocycles. The Hall–Kier alpha value is -2.15. The second-order valence-electron chi connectivity index (χ2n) is 3.41. The molecular weight excluding hydrogens is 188 g/mol. The Morgan fingerprint density at radius 3 is 2.40 bits per heavy atom. The summed E-state index contributed by atoms with van der Waals surface area (Å²) in [5.41, 5.74) is 3.72. The molecule has 0 saturated carbocycles. The molecule has 0 N–H and O–H groups in total. The number of aryl methyl sites for hydroxylation is 2. The number of benzene rings is 1. The van der Waals surface area contributed by atoms with Crippen LogP contribution in [-0.2, 0) is 0 Å². The molecule has 4 nitrogen and oxygen atoms in total. The lowest BCUT2D eigenvalue weighted by Crippen LogP contribution is -2.01. The minimum atomic E-state index is 0.675. The third-order valence-electron chi connectivity index (χ3n) is 2.27. The van der Waals surface area contributed by atoms with Gasteiger partial charge in [-0.05, 0) is 37.1 Å². The number of hydrogen-bond acceptors (Lipinski definition) is 3. The van der Waals surface area contributed by atoms with Crippen molar-refractivity contribution in [3.63, 3.8) is 0 Å². The van der Waals surface area contributed by atoms with Crippen LogP contribution in [0.25, 0.3) is 5.69 Å². The van der Waals surface area contributed by atoms with Gasteiger partial charge in [-0.1, -0.05) is 0 Å². The highest BCUT2D eigenvalue weighted by Gasteiger charge is 2.07. The van der Waals surface area contributed by atoms with E-state index in [1.54, 1.807) is 11.0 Å². The number of nitriles is 1. The summed E-state index contributed by atoms with van der Waals surface area (Å²) in [6.07, 6.45) is 3.15. The quantitative estimate of drug-likeness (QED) is 0.701. The summed E-state index contributed by atoms with van der Waals surface area (Å²) in [5, 5.41) is 12.9. The van der Waals surface area contributed by atoms with Crippen molar-refractivity contribution in [2.24, 2.45) is 0 Å². The summed E-state index contributed by atoms with van der Waals surface area (Å²) in [5.74, 6) is 0. The molecule has 2 aromatic rings. The number of aromatic nitrogens is 3. The van der Waals surface area contributed by atoms with Crippen molar-refractivity contribution in [3.8, 4) is 11.8 Å². The average Bonchev–Trinajstić information content (AvgIpc) is 2.69. The molecule has 0 aliphatic carbocycles. The predicted octanol–water partition coefficient (Wildman–Crippen LogP) is 1.76. The standard InChI is InChI=1S/C11H10N4/c1-8-3-10(5-12)4-9(2)11(8)15-7-13-6-14-15/h3-4,6-7H,1-2H3. The molecule has 74 valence electrons. The summed E-state index contributed by atoms with van der Waals surface area (Å²) in [4.78, 5) is 3.91. The highest BCUT2D eigenvalue weighted by Crippen LogP contribution is 2.19. The average molecular weight is 198 g/mol. The molecule has 2 rings (SSSR count). The minimum Gasteiger partial charge on any atom is -0.223 e. The lowest BCUT2D eigenvalue weighted by Gasteiger charge is -2.09. The van der Waals surface area contributed by atoms with Gasteiger partial charge in [0.2, 0.25) is 0 Å². The van der Waals surface area contributed by atoms with Crippen LogP contribution in [0.15, 0.2) is 24.8 Å². The third kappa shape index (κ3) is 1.59. The Bertz CT molecular complexity index is 497. The van der Waals surface area contributed by atoms with Crippen LogP contribution in [0.3, 0.4) is 0 Å². The van der Waals surface area contributed by atoms with Crippen LogP contribution in [0.1, 0.15) is 16.7 Å². The molecule has 0 amide bonds. The topological polar surface area (TPSA) is 54.5 Å². The second-order valence-corrected chi connectivity index (χ2v) is 3.41. The van der Waals surface area contributed by atoms with E-state index in [-0.39, 0.29) is 0 Å². The first-order valence-corrected chi connectivity index (χ1v) is 4.58. The Balaban J connectivity index is 2.64. The lowest BCUT2D eigenvalue weighted by molar-refractivity contribution is 0.863. The molecule has 1 aromatic heterocycles. The summed E-state index contributed by atoms with van der Waals surface area (Å²) >= 11 is 0. The van der Waals surface area contributed by atoms with Crippen LogP contribution in [0, 0.1) is 25.2 Å². The molecule has 0 saturated heterocycles. The van der Waals surface area contributed by atoms with Crippen LogP contribution in [0.4, 0.5) is 0 Å². The second kappa shape index (κ2) is 3.54. The van der Waals surface area contributed by atoms with Crippen molar-refractivity contribution in [1.82, 2.24) is 14.8 Å². The first kappa shape index (κ1) is 9.41. The molecule has 0 bridgehead atoms. The van der Waals surface area contributed by atoms with E-state index in [0.717, 1.165) is 16.8 Å². The normalized spacial score (nSPS) is 9.93.